The van der Waals surface area contributed by atoms with Crippen LogP contribution in [-0.2, 0) is 0 Å². The number of benzene rings is 2. The van der Waals surface area contributed by atoms with E-state index in [1.807, 2.05) is 31.2 Å². The minimum absolute atomic E-state index is 0.186. The van der Waals surface area contributed by atoms with Crippen LogP contribution in [0.15, 0.2) is 36.4 Å². The summed E-state index contributed by atoms with van der Waals surface area (Å²) in [4.78, 5) is 14.7. The quantitative estimate of drug-likeness (QED) is 0.831. The Balaban J connectivity index is 1.88. The number of amides is 1. The molecule has 0 unspecified atom stereocenters. The smallest absolute Gasteiger partial charge is 0.255 e. The van der Waals surface area contributed by atoms with Crippen molar-refractivity contribution in [2.45, 2.75) is 19.8 Å². The lowest BCUT2D eigenvalue weighted by Crippen LogP contribution is -2.21. The first-order chi connectivity index (χ1) is 11.1. The van der Waals surface area contributed by atoms with Gasteiger partial charge in [-0.1, -0.05) is 35.3 Å². The van der Waals surface area contributed by atoms with Crippen LogP contribution in [0, 0.1) is 6.92 Å². The van der Waals surface area contributed by atoms with Crippen molar-refractivity contribution in [1.29, 1.82) is 0 Å². The molecule has 2 aromatic carbocycles. The van der Waals surface area contributed by atoms with Crippen molar-refractivity contribution < 1.29 is 4.79 Å². The molecule has 0 atom stereocenters. The highest BCUT2D eigenvalue weighted by atomic mass is 35.5. The zero-order valence-electron chi connectivity index (χ0n) is 12.9. The number of nitrogens with one attached hydrogen (secondary N) is 1. The molecule has 0 bridgehead atoms. The number of hydrogen-bond donors (Lipinski definition) is 1. The fourth-order valence-corrected chi connectivity index (χ4v) is 3.28. The van der Waals surface area contributed by atoms with Crippen LogP contribution in [0.2, 0.25) is 10.0 Å². The van der Waals surface area contributed by atoms with Gasteiger partial charge in [-0.3, -0.25) is 4.79 Å². The van der Waals surface area contributed by atoms with E-state index in [0.717, 1.165) is 42.9 Å². The summed E-state index contributed by atoms with van der Waals surface area (Å²) in [6.45, 7) is 3.83. The predicted octanol–water partition coefficient (Wildman–Crippen LogP) is 5.15. The van der Waals surface area contributed by atoms with Gasteiger partial charge in [0.25, 0.3) is 5.91 Å². The van der Waals surface area contributed by atoms with Gasteiger partial charge in [0.05, 0.1) is 16.4 Å². The maximum absolute atomic E-state index is 12.5. The van der Waals surface area contributed by atoms with E-state index >= 15 is 0 Å². The Morgan fingerprint density at radius 3 is 2.52 bits per heavy atom. The molecule has 1 aliphatic heterocycles. The normalized spacial score (nSPS) is 14.1. The Bertz CT molecular complexity index is 740. The lowest BCUT2D eigenvalue weighted by atomic mass is 10.1. The largest absolute Gasteiger partial charge is 0.369 e. The first kappa shape index (κ1) is 16.2. The Hall–Kier alpha value is -1.71. The third-order valence-corrected chi connectivity index (χ3v) is 4.80. The summed E-state index contributed by atoms with van der Waals surface area (Å²) >= 11 is 12.5. The molecule has 1 aliphatic rings. The molecule has 3 nitrogen and oxygen atoms in total. The lowest BCUT2D eigenvalue weighted by molar-refractivity contribution is 0.102. The zero-order valence-corrected chi connectivity index (χ0v) is 14.4. The number of nitrogens with zero attached hydrogens (tertiary/aromatic N) is 1. The highest BCUT2D eigenvalue weighted by Crippen LogP contribution is 2.36. The number of aryl methyl sites for hydroxylation is 1. The van der Waals surface area contributed by atoms with Crippen LogP contribution in [0.25, 0.3) is 0 Å². The summed E-state index contributed by atoms with van der Waals surface area (Å²) in [6, 6.07) is 10.9. The average Bonchev–Trinajstić information content (AvgIpc) is 3.04. The number of carbonyl (C=O) groups is 1. The molecular formula is C18H18Cl2N2O. The average molecular weight is 349 g/mol. The number of anilines is 2. The van der Waals surface area contributed by atoms with E-state index in [1.54, 1.807) is 12.1 Å². The van der Waals surface area contributed by atoms with E-state index < -0.39 is 0 Å². The number of carbonyl (C=O) groups excluding carboxylic acids is 1. The van der Waals surface area contributed by atoms with Crippen LogP contribution < -0.4 is 10.2 Å². The van der Waals surface area contributed by atoms with E-state index in [2.05, 4.69) is 10.2 Å². The molecular weight excluding hydrogens is 331 g/mol. The van der Waals surface area contributed by atoms with Crippen molar-refractivity contribution in [3.05, 3.63) is 57.6 Å². The molecule has 0 aromatic heterocycles. The van der Waals surface area contributed by atoms with Crippen molar-refractivity contribution in [3.63, 3.8) is 0 Å². The third kappa shape index (κ3) is 3.46. The number of halogens is 2. The summed E-state index contributed by atoms with van der Waals surface area (Å²) in [6.07, 6.45) is 2.29. The van der Waals surface area contributed by atoms with E-state index in [-0.39, 0.29) is 5.91 Å². The fraction of sp³-hybridized carbons (Fsp3) is 0.278. The number of hydrogen-bond acceptors (Lipinski definition) is 2. The van der Waals surface area contributed by atoms with Gasteiger partial charge in [0.15, 0.2) is 0 Å². The second-order valence-electron chi connectivity index (χ2n) is 5.75. The van der Waals surface area contributed by atoms with E-state index in [0.29, 0.717) is 15.6 Å². The highest BCUT2D eigenvalue weighted by Gasteiger charge is 2.20. The van der Waals surface area contributed by atoms with Gasteiger partial charge in [0.2, 0.25) is 0 Å². The maximum Gasteiger partial charge on any atom is 0.255 e. The Labute approximate surface area is 146 Å². The topological polar surface area (TPSA) is 32.3 Å². The second kappa shape index (κ2) is 6.81. The van der Waals surface area contributed by atoms with Crippen molar-refractivity contribution in [2.75, 3.05) is 23.3 Å². The monoisotopic (exact) mass is 348 g/mol. The number of para-hydroxylation sites is 1. The first-order valence-electron chi connectivity index (χ1n) is 7.67. The molecule has 1 heterocycles. The van der Waals surface area contributed by atoms with Crippen LogP contribution in [-0.4, -0.2) is 19.0 Å². The van der Waals surface area contributed by atoms with Gasteiger partial charge in [0, 0.05) is 23.7 Å². The molecule has 0 saturated carbocycles. The molecule has 1 saturated heterocycles. The van der Waals surface area contributed by atoms with Gasteiger partial charge in [-0.25, -0.2) is 0 Å². The Morgan fingerprint density at radius 2 is 1.83 bits per heavy atom. The molecule has 23 heavy (non-hydrogen) atoms. The molecule has 120 valence electrons. The molecule has 3 rings (SSSR count). The van der Waals surface area contributed by atoms with E-state index in [9.17, 15) is 4.79 Å². The Morgan fingerprint density at radius 1 is 1.09 bits per heavy atom. The van der Waals surface area contributed by atoms with Crippen LogP contribution in [0.3, 0.4) is 0 Å². The minimum atomic E-state index is -0.186. The number of rotatable bonds is 3. The molecule has 5 heteroatoms. The van der Waals surface area contributed by atoms with Gasteiger partial charge >= 0.3 is 0 Å². The van der Waals surface area contributed by atoms with Crippen LogP contribution >= 0.6 is 23.2 Å². The van der Waals surface area contributed by atoms with Gasteiger partial charge < -0.3 is 10.2 Å². The SMILES string of the molecule is Cc1ccc(C(=O)Nc2cccc(Cl)c2N2CCCC2)cc1Cl. The maximum atomic E-state index is 12.5. The van der Waals surface area contributed by atoms with Crippen LogP contribution in [0.4, 0.5) is 11.4 Å². The molecule has 1 fully saturated rings. The molecule has 0 radical (unpaired) electrons. The first-order valence-corrected chi connectivity index (χ1v) is 8.43. The summed E-state index contributed by atoms with van der Waals surface area (Å²) in [5.41, 5.74) is 3.12. The fourth-order valence-electron chi connectivity index (χ4n) is 2.81. The standard InChI is InChI=1S/C18H18Cl2N2O/c1-12-7-8-13(11-15(12)20)18(23)21-16-6-4-5-14(19)17(16)22-9-2-3-10-22/h4-8,11H,2-3,9-10H2,1H3,(H,21,23). The van der Waals surface area contributed by atoms with Crippen molar-refractivity contribution >= 4 is 40.5 Å². The highest BCUT2D eigenvalue weighted by molar-refractivity contribution is 6.34. The molecule has 1 N–H and O–H groups in total. The summed E-state index contributed by atoms with van der Waals surface area (Å²) in [5, 5.41) is 4.21. The van der Waals surface area contributed by atoms with Crippen molar-refractivity contribution in [1.82, 2.24) is 0 Å². The van der Waals surface area contributed by atoms with E-state index in [4.69, 9.17) is 23.2 Å². The predicted molar refractivity (Wildman–Crippen MR) is 97.0 cm³/mol. The van der Waals surface area contributed by atoms with E-state index in [1.165, 1.54) is 0 Å². The molecule has 2 aromatic rings. The van der Waals surface area contributed by atoms with Crippen molar-refractivity contribution in [3.8, 4) is 0 Å². The second-order valence-corrected chi connectivity index (χ2v) is 6.56. The molecule has 1 amide bonds. The molecule has 0 spiro atoms. The minimum Gasteiger partial charge on any atom is -0.369 e. The van der Waals surface area contributed by atoms with Crippen LogP contribution in [0.1, 0.15) is 28.8 Å². The summed E-state index contributed by atoms with van der Waals surface area (Å²) in [7, 11) is 0. The van der Waals surface area contributed by atoms with Gasteiger partial charge in [-0.2, -0.15) is 0 Å². The van der Waals surface area contributed by atoms with Crippen molar-refractivity contribution in [2.24, 2.45) is 0 Å². The Kier molecular flexibility index (Phi) is 4.79. The zero-order chi connectivity index (χ0) is 16.4. The molecule has 0 aliphatic carbocycles. The summed E-state index contributed by atoms with van der Waals surface area (Å²) in [5.74, 6) is -0.186. The lowest BCUT2D eigenvalue weighted by Gasteiger charge is -2.23. The van der Waals surface area contributed by atoms with Gasteiger partial charge in [0.1, 0.15) is 0 Å². The van der Waals surface area contributed by atoms with Gasteiger partial charge in [-0.15, -0.1) is 0 Å². The third-order valence-electron chi connectivity index (χ3n) is 4.09. The van der Waals surface area contributed by atoms with Gasteiger partial charge in [-0.05, 0) is 49.6 Å². The summed E-state index contributed by atoms with van der Waals surface area (Å²) < 4.78 is 0. The van der Waals surface area contributed by atoms with Crippen LogP contribution in [0.5, 0.6) is 0 Å².